The van der Waals surface area contributed by atoms with Gasteiger partial charge in [0.25, 0.3) is 0 Å². The van der Waals surface area contributed by atoms with Crippen LogP contribution in [0.1, 0.15) is 26.7 Å². The highest BCUT2D eigenvalue weighted by Gasteiger charge is 2.28. The Bertz CT molecular complexity index is 580. The predicted octanol–water partition coefficient (Wildman–Crippen LogP) is 1.62. The van der Waals surface area contributed by atoms with Crippen LogP contribution in [0.3, 0.4) is 0 Å². The summed E-state index contributed by atoms with van der Waals surface area (Å²) in [5.41, 5.74) is -0.863. The number of nitrogens with one attached hydrogen (secondary N) is 1. The van der Waals surface area contributed by atoms with E-state index >= 15 is 0 Å². The number of carboxylic acid groups (broad SMARTS) is 1. The molecule has 0 unspecified atom stereocenters. The zero-order chi connectivity index (χ0) is 15.4. The number of benzene rings is 1. The molecule has 0 aliphatic heterocycles. The molecule has 0 radical (unpaired) electrons. The van der Waals surface area contributed by atoms with Gasteiger partial charge >= 0.3 is 5.97 Å². The first-order valence-corrected chi connectivity index (χ1v) is 7.55. The minimum atomic E-state index is -3.78. The molecule has 0 saturated carbocycles. The van der Waals surface area contributed by atoms with Gasteiger partial charge in [0.1, 0.15) is 10.6 Å². The third-order valence-corrected chi connectivity index (χ3v) is 4.47. The van der Waals surface area contributed by atoms with Gasteiger partial charge in [-0.2, -0.15) is 0 Å². The van der Waals surface area contributed by atoms with Crippen LogP contribution in [0.4, 0.5) is 0 Å². The molecular weight excluding hydrogens is 282 g/mol. The molecule has 0 amide bonds. The molecule has 0 bridgehead atoms. The van der Waals surface area contributed by atoms with Gasteiger partial charge in [0.2, 0.25) is 10.0 Å². The van der Waals surface area contributed by atoms with Crippen molar-refractivity contribution in [3.05, 3.63) is 24.3 Å². The number of carbonyl (C=O) groups is 1. The van der Waals surface area contributed by atoms with E-state index < -0.39 is 21.5 Å². The van der Waals surface area contributed by atoms with Crippen LogP contribution in [0.15, 0.2) is 29.2 Å². The fourth-order valence-corrected chi connectivity index (χ4v) is 3.34. The number of para-hydroxylation sites is 1. The lowest BCUT2D eigenvalue weighted by atomic mass is 10.0. The average molecular weight is 301 g/mol. The van der Waals surface area contributed by atoms with Gasteiger partial charge in [-0.3, -0.25) is 4.79 Å². The molecule has 0 atom stereocenters. The number of rotatable bonds is 7. The summed E-state index contributed by atoms with van der Waals surface area (Å²) in [6.07, 6.45) is 0.0815. The first-order valence-electron chi connectivity index (χ1n) is 6.07. The van der Waals surface area contributed by atoms with Crippen molar-refractivity contribution in [2.75, 3.05) is 7.11 Å². The first-order chi connectivity index (χ1) is 9.18. The Morgan fingerprint density at radius 3 is 2.50 bits per heavy atom. The van der Waals surface area contributed by atoms with Gasteiger partial charge in [0.05, 0.1) is 7.11 Å². The molecule has 2 N–H and O–H groups in total. The highest BCUT2D eigenvalue weighted by Crippen LogP contribution is 2.25. The van der Waals surface area contributed by atoms with Crippen LogP contribution in [-0.4, -0.2) is 32.1 Å². The Kier molecular flexibility index (Phi) is 5.13. The van der Waals surface area contributed by atoms with E-state index in [1.54, 1.807) is 32.0 Å². The van der Waals surface area contributed by atoms with Crippen LogP contribution in [0.2, 0.25) is 0 Å². The van der Waals surface area contributed by atoms with Crippen LogP contribution < -0.4 is 9.46 Å². The fraction of sp³-hybridized carbons (Fsp3) is 0.462. The maximum absolute atomic E-state index is 12.3. The fourth-order valence-electron chi connectivity index (χ4n) is 1.73. The van der Waals surface area contributed by atoms with Gasteiger partial charge in [0.15, 0.2) is 0 Å². The third kappa shape index (κ3) is 4.50. The molecule has 0 aliphatic carbocycles. The lowest BCUT2D eigenvalue weighted by Crippen LogP contribution is -2.43. The van der Waals surface area contributed by atoms with E-state index in [0.717, 1.165) is 0 Å². The van der Waals surface area contributed by atoms with Crippen molar-refractivity contribution >= 4 is 16.0 Å². The van der Waals surface area contributed by atoms with E-state index in [1.165, 1.54) is 13.2 Å². The van der Waals surface area contributed by atoms with E-state index in [1.807, 2.05) is 0 Å². The number of ether oxygens (including phenoxy) is 1. The van der Waals surface area contributed by atoms with Crippen molar-refractivity contribution in [2.24, 2.45) is 0 Å². The minimum Gasteiger partial charge on any atom is -0.495 e. The normalized spacial score (nSPS) is 12.2. The second-order valence-corrected chi connectivity index (χ2v) is 6.68. The van der Waals surface area contributed by atoms with Crippen LogP contribution in [0, 0.1) is 0 Å². The van der Waals surface area contributed by atoms with Crippen molar-refractivity contribution in [1.82, 2.24) is 4.72 Å². The van der Waals surface area contributed by atoms with Gasteiger partial charge in [-0.15, -0.1) is 0 Å². The third-order valence-electron chi connectivity index (χ3n) is 2.73. The summed E-state index contributed by atoms with van der Waals surface area (Å²) in [5, 5.41) is 8.68. The number of hydrogen-bond acceptors (Lipinski definition) is 4. The molecule has 1 aromatic rings. The van der Waals surface area contributed by atoms with Gasteiger partial charge < -0.3 is 9.84 Å². The summed E-state index contributed by atoms with van der Waals surface area (Å²) in [6.45, 7) is 3.28. The Morgan fingerprint density at radius 1 is 1.35 bits per heavy atom. The number of hydrogen-bond donors (Lipinski definition) is 2. The molecule has 6 nitrogen and oxygen atoms in total. The molecule has 0 saturated heterocycles. The molecule has 7 heteroatoms. The zero-order valence-electron chi connectivity index (χ0n) is 11.7. The minimum absolute atomic E-state index is 0.0332. The highest BCUT2D eigenvalue weighted by atomic mass is 32.2. The van der Waals surface area contributed by atoms with Crippen molar-refractivity contribution in [1.29, 1.82) is 0 Å². The van der Waals surface area contributed by atoms with Gasteiger partial charge in [-0.1, -0.05) is 12.1 Å². The van der Waals surface area contributed by atoms with Crippen LogP contribution in [-0.2, 0) is 14.8 Å². The maximum Gasteiger partial charge on any atom is 0.303 e. The Hall–Kier alpha value is -1.60. The summed E-state index contributed by atoms with van der Waals surface area (Å²) in [5.74, 6) is -0.719. The van der Waals surface area contributed by atoms with Gasteiger partial charge in [-0.05, 0) is 32.4 Å². The zero-order valence-corrected chi connectivity index (χ0v) is 12.5. The van der Waals surface area contributed by atoms with Gasteiger partial charge in [-0.25, -0.2) is 13.1 Å². The molecule has 0 aromatic heterocycles. The topological polar surface area (TPSA) is 92.7 Å². The molecular formula is C13H19NO5S. The summed E-state index contributed by atoms with van der Waals surface area (Å²) in [4.78, 5) is 10.6. The van der Waals surface area contributed by atoms with Gasteiger partial charge in [0, 0.05) is 12.0 Å². The lowest BCUT2D eigenvalue weighted by Gasteiger charge is -2.25. The van der Waals surface area contributed by atoms with E-state index in [-0.39, 0.29) is 23.5 Å². The largest absolute Gasteiger partial charge is 0.495 e. The number of sulfonamides is 1. The Morgan fingerprint density at radius 2 is 1.95 bits per heavy atom. The summed E-state index contributed by atoms with van der Waals surface area (Å²) >= 11 is 0. The Labute approximate surface area is 118 Å². The van der Waals surface area contributed by atoms with Crippen molar-refractivity contribution in [3.63, 3.8) is 0 Å². The quantitative estimate of drug-likeness (QED) is 0.798. The second kappa shape index (κ2) is 6.23. The molecule has 112 valence electrons. The van der Waals surface area contributed by atoms with Crippen molar-refractivity contribution in [3.8, 4) is 5.75 Å². The molecule has 1 rings (SSSR count). The van der Waals surface area contributed by atoms with Crippen LogP contribution in [0.25, 0.3) is 0 Å². The van der Waals surface area contributed by atoms with E-state index in [2.05, 4.69) is 4.72 Å². The number of carboxylic acids is 1. The predicted molar refractivity (Wildman–Crippen MR) is 74.3 cm³/mol. The highest BCUT2D eigenvalue weighted by molar-refractivity contribution is 7.89. The SMILES string of the molecule is COc1ccccc1S(=O)(=O)NC(C)(C)CCC(=O)O. The molecule has 0 heterocycles. The summed E-state index contributed by atoms with van der Waals surface area (Å²) in [6, 6.07) is 6.27. The van der Waals surface area contributed by atoms with Crippen LogP contribution in [0.5, 0.6) is 5.75 Å². The van der Waals surface area contributed by atoms with E-state index in [9.17, 15) is 13.2 Å². The maximum atomic E-state index is 12.3. The monoisotopic (exact) mass is 301 g/mol. The lowest BCUT2D eigenvalue weighted by molar-refractivity contribution is -0.137. The summed E-state index contributed by atoms with van der Waals surface area (Å²) in [7, 11) is -2.38. The molecule has 0 fully saturated rings. The van der Waals surface area contributed by atoms with Crippen molar-refractivity contribution in [2.45, 2.75) is 37.1 Å². The molecule has 20 heavy (non-hydrogen) atoms. The standard InChI is InChI=1S/C13H19NO5S/c1-13(2,9-8-12(15)16)14-20(17,18)11-7-5-4-6-10(11)19-3/h4-7,14H,8-9H2,1-3H3,(H,15,16). The number of methoxy groups -OCH3 is 1. The molecule has 1 aromatic carbocycles. The molecule has 0 spiro atoms. The summed E-state index contributed by atoms with van der Waals surface area (Å²) < 4.78 is 32.2. The second-order valence-electron chi connectivity index (χ2n) is 5.03. The van der Waals surface area contributed by atoms with E-state index in [4.69, 9.17) is 9.84 Å². The van der Waals surface area contributed by atoms with Crippen molar-refractivity contribution < 1.29 is 23.1 Å². The smallest absolute Gasteiger partial charge is 0.303 e. The molecule has 0 aliphatic rings. The first kappa shape index (κ1) is 16.5. The number of aliphatic carboxylic acids is 1. The Balaban J connectivity index is 2.97. The average Bonchev–Trinajstić information content (AvgIpc) is 2.35. The van der Waals surface area contributed by atoms with Crippen LogP contribution >= 0.6 is 0 Å². The van der Waals surface area contributed by atoms with E-state index in [0.29, 0.717) is 0 Å².